The predicted octanol–water partition coefficient (Wildman–Crippen LogP) is 4.90. The Balaban J connectivity index is 1.58. The van der Waals surface area contributed by atoms with Crippen molar-refractivity contribution in [3.63, 3.8) is 0 Å². The quantitative estimate of drug-likeness (QED) is 0.259. The Hall–Kier alpha value is -2.57. The van der Waals surface area contributed by atoms with Crippen molar-refractivity contribution < 1.29 is 32.8 Å². The van der Waals surface area contributed by atoms with Gasteiger partial charge in [0.15, 0.2) is 0 Å². The van der Waals surface area contributed by atoms with Crippen molar-refractivity contribution in [2.24, 2.45) is 5.92 Å². The number of methoxy groups -OCH3 is 1. The van der Waals surface area contributed by atoms with Crippen LogP contribution >= 0.6 is 28.0 Å². The zero-order valence-electron chi connectivity index (χ0n) is 24.5. The Labute approximate surface area is 260 Å². The minimum Gasteiger partial charge on any atom is -0.467 e. The number of nitrogens with zero attached hydrogens (tertiary/aromatic N) is 1. The van der Waals surface area contributed by atoms with E-state index in [1.54, 1.807) is 20.8 Å². The van der Waals surface area contributed by atoms with E-state index < -0.39 is 47.3 Å². The van der Waals surface area contributed by atoms with Crippen LogP contribution < -0.4 is 10.6 Å². The molecule has 12 heteroatoms. The number of rotatable bonds is 5. The van der Waals surface area contributed by atoms with Crippen molar-refractivity contribution in [3.05, 3.63) is 40.9 Å². The molecule has 2 unspecified atom stereocenters. The van der Waals surface area contributed by atoms with Crippen molar-refractivity contribution in [1.82, 2.24) is 15.5 Å². The first-order valence-corrected chi connectivity index (χ1v) is 15.9. The number of alkyl carbamates (subject to hydrolysis) is 1. The van der Waals surface area contributed by atoms with Gasteiger partial charge in [-0.3, -0.25) is 9.59 Å². The molecule has 0 bridgehead atoms. The molecule has 2 aliphatic heterocycles. The molecule has 3 amide bonds. The van der Waals surface area contributed by atoms with Crippen LogP contribution in [0.5, 0.6) is 0 Å². The fourth-order valence-electron chi connectivity index (χ4n) is 5.36. The van der Waals surface area contributed by atoms with E-state index in [9.17, 15) is 19.2 Å². The maximum Gasteiger partial charge on any atom is 0.408 e. The highest BCUT2D eigenvalue weighted by Crippen LogP contribution is 2.46. The van der Waals surface area contributed by atoms with Gasteiger partial charge in [0, 0.05) is 40.3 Å². The number of esters is 1. The highest BCUT2D eigenvalue weighted by atomic mass is 79.9. The van der Waals surface area contributed by atoms with Crippen LogP contribution in [0.25, 0.3) is 0 Å². The number of hydrogen-bond acceptors (Lipinski definition) is 8. The van der Waals surface area contributed by atoms with Gasteiger partial charge in [0.25, 0.3) is 0 Å². The van der Waals surface area contributed by atoms with Crippen LogP contribution in [-0.4, -0.2) is 71.8 Å². The smallest absolute Gasteiger partial charge is 0.408 e. The molecule has 2 heterocycles. The summed E-state index contributed by atoms with van der Waals surface area (Å²) in [5.74, 6) is -1.51. The number of benzene rings is 1. The summed E-state index contributed by atoms with van der Waals surface area (Å²) < 4.78 is 17.5. The lowest BCUT2D eigenvalue weighted by Crippen LogP contribution is -2.56. The summed E-state index contributed by atoms with van der Waals surface area (Å²) in [5.41, 5.74) is -1.89. The van der Waals surface area contributed by atoms with Crippen LogP contribution in [0, 0.1) is 5.92 Å². The van der Waals surface area contributed by atoms with Gasteiger partial charge >= 0.3 is 12.1 Å². The summed E-state index contributed by atoms with van der Waals surface area (Å²) >= 11 is 4.60. The number of fused-ring (bicyclic) bond motifs is 2. The molecular weight excluding hydrogens is 626 g/mol. The van der Waals surface area contributed by atoms with Crippen LogP contribution in [-0.2, 0) is 28.0 Å². The van der Waals surface area contributed by atoms with Gasteiger partial charge in [-0.25, -0.2) is 9.59 Å². The molecule has 0 aromatic heterocycles. The third kappa shape index (κ3) is 8.29. The molecule has 1 saturated carbocycles. The van der Waals surface area contributed by atoms with Crippen LogP contribution in [0.15, 0.2) is 45.8 Å². The second kappa shape index (κ2) is 13.8. The zero-order chi connectivity index (χ0) is 30.5. The maximum absolute atomic E-state index is 14.0. The number of amides is 3. The number of ether oxygens (including phenoxy) is 2. The van der Waals surface area contributed by atoms with E-state index in [1.807, 2.05) is 36.4 Å². The average molecular weight is 667 g/mol. The molecular formula is C30H40BrN3O7S. The summed E-state index contributed by atoms with van der Waals surface area (Å²) in [6.07, 6.45) is 7.20. The van der Waals surface area contributed by atoms with Gasteiger partial charge in [0.1, 0.15) is 23.2 Å². The molecule has 1 aromatic carbocycles. The maximum atomic E-state index is 14.0. The molecule has 4 rings (SSSR count). The van der Waals surface area contributed by atoms with Crippen LogP contribution in [0.2, 0.25) is 0 Å². The van der Waals surface area contributed by atoms with Gasteiger partial charge in [-0.1, -0.05) is 40.9 Å². The lowest BCUT2D eigenvalue weighted by atomic mass is 10.0. The Morgan fingerprint density at radius 2 is 1.88 bits per heavy atom. The highest BCUT2D eigenvalue weighted by Gasteiger charge is 2.62. The number of nitrogens with one attached hydrogen (secondary N) is 2. The van der Waals surface area contributed by atoms with E-state index in [4.69, 9.17) is 13.7 Å². The third-order valence-electron chi connectivity index (χ3n) is 7.57. The average Bonchev–Trinajstić information content (AvgIpc) is 3.44. The van der Waals surface area contributed by atoms with E-state index in [2.05, 4.69) is 26.6 Å². The fourth-order valence-corrected chi connectivity index (χ4v) is 6.26. The minimum atomic E-state index is -1.16. The van der Waals surface area contributed by atoms with Crippen LogP contribution in [0.3, 0.4) is 0 Å². The second-order valence-electron chi connectivity index (χ2n) is 12.0. The van der Waals surface area contributed by atoms with Crippen LogP contribution in [0.4, 0.5) is 4.79 Å². The van der Waals surface area contributed by atoms with E-state index in [1.165, 1.54) is 24.1 Å². The van der Waals surface area contributed by atoms with Crippen molar-refractivity contribution in [2.75, 3.05) is 13.7 Å². The first kappa shape index (κ1) is 32.3. The molecule has 1 aromatic rings. The molecule has 1 aliphatic carbocycles. The van der Waals surface area contributed by atoms with E-state index in [0.29, 0.717) is 19.3 Å². The molecule has 0 spiro atoms. The Kier molecular flexibility index (Phi) is 10.6. The van der Waals surface area contributed by atoms with Crippen LogP contribution in [0.1, 0.15) is 65.7 Å². The Morgan fingerprint density at radius 3 is 2.57 bits per heavy atom. The Bertz CT molecular complexity index is 1190. The fraction of sp³-hybridized carbons (Fsp3) is 0.600. The standard InChI is InChI=1S/C30H40BrN3O7S/c1-29(2,3)40-28(38)32-23-11-9-7-5-6-8-10-19-17-30(19,27(37)39-4)33-25(35)24-16-21(18-34(24)26(23)36)41-42-22-14-12-20(31)13-15-22/h8,10,12-15,19,21,23-24H,5-7,9,11,16-18H2,1-4H3,(H,32,38)(H,33,35)/b10-8-/t19?,21?,23-,24-,30+/m0/s1. The normalized spacial score (nSPS) is 29.2. The van der Waals surface area contributed by atoms with Gasteiger partial charge in [-0.05, 0) is 70.7 Å². The van der Waals surface area contributed by atoms with Gasteiger partial charge in [0.2, 0.25) is 11.8 Å². The summed E-state index contributed by atoms with van der Waals surface area (Å²) in [5, 5.41) is 5.68. The van der Waals surface area contributed by atoms with Gasteiger partial charge in [0.05, 0.1) is 13.2 Å². The monoisotopic (exact) mass is 665 g/mol. The first-order valence-electron chi connectivity index (χ1n) is 14.4. The largest absolute Gasteiger partial charge is 0.467 e. The number of hydrogen-bond donors (Lipinski definition) is 2. The van der Waals surface area contributed by atoms with Crippen molar-refractivity contribution in [2.45, 2.75) is 99.9 Å². The molecule has 230 valence electrons. The van der Waals surface area contributed by atoms with Crippen molar-refractivity contribution in [3.8, 4) is 0 Å². The molecule has 1 saturated heterocycles. The SMILES string of the molecule is COC(=O)[C@@]12CC1/C=C\CCCCC[C@H](NC(=O)OC(C)(C)C)C(=O)N1CC(OSc3ccc(Br)cc3)C[C@H]1C(=O)N2. The second-order valence-corrected chi connectivity index (χ2v) is 13.8. The topological polar surface area (TPSA) is 123 Å². The van der Waals surface area contributed by atoms with E-state index in [0.717, 1.165) is 28.6 Å². The number of allylic oxidation sites excluding steroid dienone is 1. The number of halogens is 1. The number of carbonyl (C=O) groups is 4. The Morgan fingerprint density at radius 1 is 1.14 bits per heavy atom. The molecule has 2 N–H and O–H groups in total. The summed E-state index contributed by atoms with van der Waals surface area (Å²) in [6, 6.07) is 5.84. The van der Waals surface area contributed by atoms with E-state index in [-0.39, 0.29) is 24.8 Å². The lowest BCUT2D eigenvalue weighted by molar-refractivity contribution is -0.148. The van der Waals surface area contributed by atoms with Gasteiger partial charge in [-0.15, -0.1) is 0 Å². The summed E-state index contributed by atoms with van der Waals surface area (Å²) in [4.78, 5) is 55.7. The molecule has 2 fully saturated rings. The third-order valence-corrected chi connectivity index (χ3v) is 8.94. The van der Waals surface area contributed by atoms with Crippen molar-refractivity contribution in [1.29, 1.82) is 0 Å². The summed E-state index contributed by atoms with van der Waals surface area (Å²) in [7, 11) is 1.30. The molecule has 5 atom stereocenters. The first-order chi connectivity index (χ1) is 19.9. The molecule has 10 nitrogen and oxygen atoms in total. The van der Waals surface area contributed by atoms with Gasteiger partial charge < -0.3 is 29.2 Å². The predicted molar refractivity (Wildman–Crippen MR) is 161 cm³/mol. The summed E-state index contributed by atoms with van der Waals surface area (Å²) in [6.45, 7) is 5.42. The van der Waals surface area contributed by atoms with Gasteiger partial charge in [-0.2, -0.15) is 0 Å². The molecule has 42 heavy (non-hydrogen) atoms. The zero-order valence-corrected chi connectivity index (χ0v) is 26.9. The molecule has 0 radical (unpaired) electrons. The molecule has 3 aliphatic rings. The van der Waals surface area contributed by atoms with E-state index >= 15 is 0 Å². The van der Waals surface area contributed by atoms with Crippen molar-refractivity contribution >= 4 is 51.8 Å². The lowest BCUT2D eigenvalue weighted by Gasteiger charge is -2.30. The highest BCUT2D eigenvalue weighted by molar-refractivity contribution is 9.10. The minimum absolute atomic E-state index is 0.154. The number of carbonyl (C=O) groups excluding carboxylic acids is 4.